The predicted molar refractivity (Wildman–Crippen MR) is 115 cm³/mol. The third-order valence-electron chi connectivity index (χ3n) is 4.95. The Kier molecular flexibility index (Phi) is 5.95. The van der Waals surface area contributed by atoms with E-state index < -0.39 is 12.1 Å². The molecular weight excluding hydrogens is 437 g/mol. The van der Waals surface area contributed by atoms with E-state index in [1.54, 1.807) is 32.4 Å². The van der Waals surface area contributed by atoms with Crippen LogP contribution in [0.15, 0.2) is 65.2 Å². The van der Waals surface area contributed by atoms with Gasteiger partial charge in [-0.25, -0.2) is 0 Å². The van der Waals surface area contributed by atoms with E-state index >= 15 is 0 Å². The van der Waals surface area contributed by atoms with Crippen LogP contribution in [0, 0.1) is 6.92 Å². The van der Waals surface area contributed by atoms with E-state index in [1.165, 1.54) is 18.2 Å². The van der Waals surface area contributed by atoms with Gasteiger partial charge >= 0.3 is 6.36 Å². The van der Waals surface area contributed by atoms with Gasteiger partial charge in [-0.2, -0.15) is 4.98 Å². The number of aryl methyl sites for hydroxylation is 1. The second kappa shape index (κ2) is 8.85. The van der Waals surface area contributed by atoms with E-state index in [0.29, 0.717) is 17.1 Å². The Bertz CT molecular complexity index is 1280. The van der Waals surface area contributed by atoms with Crippen LogP contribution in [0.4, 0.5) is 13.2 Å². The molecule has 0 atom stereocenters. The monoisotopic (exact) mass is 456 g/mol. The van der Waals surface area contributed by atoms with Crippen LogP contribution in [0.2, 0.25) is 0 Å². The van der Waals surface area contributed by atoms with E-state index in [2.05, 4.69) is 14.9 Å². The van der Waals surface area contributed by atoms with Crippen molar-refractivity contribution in [3.63, 3.8) is 0 Å². The normalized spacial score (nSPS) is 11.3. The standard InChI is InChI=1S/C24H19F3N2O4/c1-14-12-15(8-10-17(14)18-11-9-16(30-2)13-21(18)31-3)23-28-22(29-33-23)19-6-4-5-7-20(19)32-24(25,26)27/h4-13H,1-3H3. The maximum Gasteiger partial charge on any atom is 0.573 e. The summed E-state index contributed by atoms with van der Waals surface area (Å²) in [5, 5.41) is 3.84. The van der Waals surface area contributed by atoms with E-state index in [9.17, 15) is 13.2 Å². The third-order valence-corrected chi connectivity index (χ3v) is 4.95. The highest BCUT2D eigenvalue weighted by atomic mass is 19.4. The Labute approximate surface area is 187 Å². The number of ether oxygens (including phenoxy) is 3. The summed E-state index contributed by atoms with van der Waals surface area (Å²) < 4.78 is 58.3. The molecule has 0 aliphatic heterocycles. The Balaban J connectivity index is 1.67. The van der Waals surface area contributed by atoms with Gasteiger partial charge in [-0.05, 0) is 54.4 Å². The van der Waals surface area contributed by atoms with E-state index in [4.69, 9.17) is 14.0 Å². The zero-order valence-electron chi connectivity index (χ0n) is 17.9. The SMILES string of the molecule is COc1ccc(-c2ccc(-c3nc(-c4ccccc4OC(F)(F)F)no3)cc2C)c(OC)c1. The molecule has 4 rings (SSSR count). The van der Waals surface area contributed by atoms with Gasteiger partial charge in [0.25, 0.3) is 5.89 Å². The van der Waals surface area contributed by atoms with Crippen molar-refractivity contribution in [2.75, 3.05) is 14.2 Å². The van der Waals surface area contributed by atoms with Crippen molar-refractivity contribution in [2.24, 2.45) is 0 Å². The summed E-state index contributed by atoms with van der Waals surface area (Å²) in [6.07, 6.45) is -4.84. The van der Waals surface area contributed by atoms with Crippen molar-refractivity contribution in [3.05, 3.63) is 66.2 Å². The van der Waals surface area contributed by atoms with Gasteiger partial charge in [0.05, 0.1) is 19.8 Å². The lowest BCUT2D eigenvalue weighted by Crippen LogP contribution is -2.17. The topological polar surface area (TPSA) is 66.6 Å². The number of hydrogen-bond donors (Lipinski definition) is 0. The van der Waals surface area contributed by atoms with Crippen LogP contribution in [0.25, 0.3) is 34.0 Å². The Morgan fingerprint density at radius 3 is 2.27 bits per heavy atom. The van der Waals surface area contributed by atoms with Gasteiger partial charge in [-0.15, -0.1) is 13.2 Å². The number of benzene rings is 3. The zero-order chi connectivity index (χ0) is 23.6. The van der Waals surface area contributed by atoms with E-state index in [0.717, 1.165) is 16.7 Å². The van der Waals surface area contributed by atoms with Gasteiger partial charge in [0.1, 0.15) is 17.2 Å². The first-order valence-corrected chi connectivity index (χ1v) is 9.81. The van der Waals surface area contributed by atoms with Crippen molar-refractivity contribution in [1.29, 1.82) is 0 Å². The number of halogens is 3. The molecule has 0 bridgehead atoms. The van der Waals surface area contributed by atoms with Gasteiger partial charge in [-0.3, -0.25) is 0 Å². The molecule has 33 heavy (non-hydrogen) atoms. The minimum absolute atomic E-state index is 0.0107. The maximum absolute atomic E-state index is 12.7. The summed E-state index contributed by atoms with van der Waals surface area (Å²) in [5.41, 5.74) is 3.42. The average Bonchev–Trinajstić information content (AvgIpc) is 3.28. The molecule has 3 aromatic carbocycles. The summed E-state index contributed by atoms with van der Waals surface area (Å²) in [6.45, 7) is 1.92. The molecule has 0 N–H and O–H groups in total. The second-order valence-electron chi connectivity index (χ2n) is 7.06. The van der Waals surface area contributed by atoms with Gasteiger partial charge < -0.3 is 18.7 Å². The molecule has 1 heterocycles. The van der Waals surface area contributed by atoms with Gasteiger partial charge in [0.2, 0.25) is 5.82 Å². The minimum atomic E-state index is -4.84. The highest BCUT2D eigenvalue weighted by Crippen LogP contribution is 2.37. The maximum atomic E-state index is 12.7. The summed E-state index contributed by atoms with van der Waals surface area (Å²) in [5.74, 6) is 1.09. The lowest BCUT2D eigenvalue weighted by atomic mass is 9.97. The number of nitrogens with zero attached hydrogens (tertiary/aromatic N) is 2. The smallest absolute Gasteiger partial charge is 0.497 e. The van der Waals surface area contributed by atoms with Gasteiger partial charge in [-0.1, -0.05) is 23.4 Å². The predicted octanol–water partition coefficient (Wildman–Crippen LogP) is 6.29. The summed E-state index contributed by atoms with van der Waals surface area (Å²) in [4.78, 5) is 4.27. The first-order chi connectivity index (χ1) is 15.8. The summed E-state index contributed by atoms with van der Waals surface area (Å²) >= 11 is 0. The number of methoxy groups -OCH3 is 2. The Morgan fingerprint density at radius 2 is 1.58 bits per heavy atom. The van der Waals surface area contributed by atoms with Crippen molar-refractivity contribution in [1.82, 2.24) is 10.1 Å². The largest absolute Gasteiger partial charge is 0.573 e. The molecule has 4 aromatic rings. The molecular formula is C24H19F3N2O4. The molecule has 0 amide bonds. The molecule has 0 fully saturated rings. The minimum Gasteiger partial charge on any atom is -0.497 e. The van der Waals surface area contributed by atoms with Crippen LogP contribution < -0.4 is 14.2 Å². The first-order valence-electron chi connectivity index (χ1n) is 9.81. The molecule has 0 spiro atoms. The number of para-hydroxylation sites is 1. The highest BCUT2D eigenvalue weighted by molar-refractivity contribution is 5.77. The lowest BCUT2D eigenvalue weighted by molar-refractivity contribution is -0.274. The molecule has 0 saturated heterocycles. The Morgan fingerprint density at radius 1 is 0.818 bits per heavy atom. The van der Waals surface area contributed by atoms with E-state index in [1.807, 2.05) is 31.2 Å². The third kappa shape index (κ3) is 4.77. The first kappa shape index (κ1) is 22.2. The molecule has 0 radical (unpaired) electrons. The van der Waals surface area contributed by atoms with Crippen molar-refractivity contribution >= 4 is 0 Å². The van der Waals surface area contributed by atoms with Crippen molar-refractivity contribution in [2.45, 2.75) is 13.3 Å². The second-order valence-corrected chi connectivity index (χ2v) is 7.06. The quantitative estimate of drug-likeness (QED) is 0.340. The molecule has 6 nitrogen and oxygen atoms in total. The van der Waals surface area contributed by atoms with Crippen LogP contribution in [-0.4, -0.2) is 30.7 Å². The van der Waals surface area contributed by atoms with Crippen LogP contribution in [0.1, 0.15) is 5.56 Å². The number of aromatic nitrogens is 2. The number of rotatable bonds is 6. The number of hydrogen-bond acceptors (Lipinski definition) is 6. The van der Waals surface area contributed by atoms with Gasteiger partial charge in [0.15, 0.2) is 0 Å². The highest BCUT2D eigenvalue weighted by Gasteiger charge is 2.32. The van der Waals surface area contributed by atoms with Crippen LogP contribution in [-0.2, 0) is 0 Å². The average molecular weight is 456 g/mol. The molecule has 0 aliphatic carbocycles. The lowest BCUT2D eigenvalue weighted by Gasteiger charge is -2.13. The molecule has 9 heteroatoms. The van der Waals surface area contributed by atoms with Crippen LogP contribution >= 0.6 is 0 Å². The molecule has 0 saturated carbocycles. The van der Waals surface area contributed by atoms with Crippen molar-refractivity contribution in [3.8, 4) is 51.2 Å². The molecule has 0 unspecified atom stereocenters. The molecule has 170 valence electrons. The number of alkyl halides is 3. The fourth-order valence-corrected chi connectivity index (χ4v) is 3.44. The summed E-state index contributed by atoms with van der Waals surface area (Å²) in [6, 6.07) is 16.7. The van der Waals surface area contributed by atoms with Gasteiger partial charge in [0, 0.05) is 17.2 Å². The van der Waals surface area contributed by atoms with E-state index in [-0.39, 0.29) is 17.3 Å². The zero-order valence-corrected chi connectivity index (χ0v) is 17.9. The fraction of sp³-hybridized carbons (Fsp3) is 0.167. The Hall–Kier alpha value is -4.01. The van der Waals surface area contributed by atoms with Crippen LogP contribution in [0.3, 0.4) is 0 Å². The molecule has 1 aromatic heterocycles. The fourth-order valence-electron chi connectivity index (χ4n) is 3.44. The van der Waals surface area contributed by atoms with Crippen LogP contribution in [0.5, 0.6) is 17.2 Å². The molecule has 0 aliphatic rings. The summed E-state index contributed by atoms with van der Waals surface area (Å²) in [7, 11) is 3.17. The van der Waals surface area contributed by atoms with Crippen molar-refractivity contribution < 1.29 is 31.9 Å².